The van der Waals surface area contributed by atoms with Gasteiger partial charge in [0.25, 0.3) is 0 Å². The van der Waals surface area contributed by atoms with Crippen molar-refractivity contribution in [3.63, 3.8) is 0 Å². The second kappa shape index (κ2) is 7.46. The Balaban J connectivity index is 1.99. The molecule has 2 nitrogen and oxygen atoms in total. The number of nitrogens with one attached hydrogen (secondary N) is 1. The summed E-state index contributed by atoms with van der Waals surface area (Å²) in [5.41, 5.74) is 2.97. The van der Waals surface area contributed by atoms with Gasteiger partial charge in [-0.1, -0.05) is 37.3 Å². The van der Waals surface area contributed by atoms with E-state index in [4.69, 9.17) is 0 Å². The molecule has 1 aliphatic rings. The standard InChI is InChI=1S/C17H26N2/c1-3-13-19(17-9-10-17)14-16-8-6-5-7-15(16)11-12-18-4-2/h3,5-8,17-18H,1,4,9-14H2,2H3. The van der Waals surface area contributed by atoms with E-state index < -0.39 is 0 Å². The van der Waals surface area contributed by atoms with Crippen molar-refractivity contribution in [2.45, 2.75) is 38.8 Å². The molecule has 1 N–H and O–H groups in total. The lowest BCUT2D eigenvalue weighted by Crippen LogP contribution is -2.26. The number of rotatable bonds is 9. The monoisotopic (exact) mass is 258 g/mol. The molecule has 0 radical (unpaired) electrons. The molecule has 0 aliphatic heterocycles. The molecule has 0 unspecified atom stereocenters. The molecule has 1 aromatic carbocycles. The second-order valence-corrected chi connectivity index (χ2v) is 5.32. The number of benzene rings is 1. The van der Waals surface area contributed by atoms with Crippen LogP contribution < -0.4 is 5.32 Å². The van der Waals surface area contributed by atoms with Crippen LogP contribution in [0.2, 0.25) is 0 Å². The van der Waals surface area contributed by atoms with Crippen LogP contribution in [0.5, 0.6) is 0 Å². The summed E-state index contributed by atoms with van der Waals surface area (Å²) in [7, 11) is 0. The molecule has 0 saturated heterocycles. The predicted octanol–water partition coefficient (Wildman–Crippen LogP) is 2.99. The molecule has 1 fully saturated rings. The van der Waals surface area contributed by atoms with Crippen molar-refractivity contribution in [1.29, 1.82) is 0 Å². The first-order valence-electron chi connectivity index (χ1n) is 7.47. The van der Waals surface area contributed by atoms with Gasteiger partial charge in [0.15, 0.2) is 0 Å². The number of hydrogen-bond donors (Lipinski definition) is 1. The highest BCUT2D eigenvalue weighted by Crippen LogP contribution is 2.28. The third-order valence-corrected chi connectivity index (χ3v) is 3.74. The Hall–Kier alpha value is -1.12. The fourth-order valence-electron chi connectivity index (χ4n) is 2.52. The summed E-state index contributed by atoms with van der Waals surface area (Å²) in [6, 6.07) is 9.65. The molecule has 1 aromatic rings. The van der Waals surface area contributed by atoms with Crippen molar-refractivity contribution in [2.75, 3.05) is 19.6 Å². The molecule has 0 spiro atoms. The Bertz CT molecular complexity index is 396. The van der Waals surface area contributed by atoms with Crippen molar-refractivity contribution < 1.29 is 0 Å². The molecule has 1 saturated carbocycles. The number of likely N-dealkylation sites (N-methyl/N-ethyl adjacent to an activating group) is 1. The van der Waals surface area contributed by atoms with Gasteiger partial charge in [-0.2, -0.15) is 0 Å². The van der Waals surface area contributed by atoms with Crippen LogP contribution in [-0.2, 0) is 13.0 Å². The Morgan fingerprint density at radius 2 is 2.05 bits per heavy atom. The molecule has 2 heteroatoms. The number of hydrogen-bond acceptors (Lipinski definition) is 2. The van der Waals surface area contributed by atoms with Crippen LogP contribution >= 0.6 is 0 Å². The predicted molar refractivity (Wildman–Crippen MR) is 82.3 cm³/mol. The highest BCUT2D eigenvalue weighted by Gasteiger charge is 2.28. The Labute approximate surface area is 117 Å². The third kappa shape index (κ3) is 4.48. The zero-order valence-corrected chi connectivity index (χ0v) is 12.1. The van der Waals surface area contributed by atoms with Gasteiger partial charge in [0.05, 0.1) is 0 Å². The van der Waals surface area contributed by atoms with Crippen LogP contribution in [0.3, 0.4) is 0 Å². The van der Waals surface area contributed by atoms with Gasteiger partial charge in [-0.25, -0.2) is 0 Å². The lowest BCUT2D eigenvalue weighted by atomic mass is 10.0. The summed E-state index contributed by atoms with van der Waals surface area (Å²) in [6.07, 6.45) is 5.86. The van der Waals surface area contributed by atoms with Crippen molar-refractivity contribution in [3.05, 3.63) is 48.0 Å². The van der Waals surface area contributed by atoms with E-state index in [1.807, 2.05) is 6.08 Å². The van der Waals surface area contributed by atoms with Gasteiger partial charge >= 0.3 is 0 Å². The van der Waals surface area contributed by atoms with Gasteiger partial charge in [0, 0.05) is 19.1 Å². The first-order valence-corrected chi connectivity index (χ1v) is 7.47. The molecule has 0 atom stereocenters. The van der Waals surface area contributed by atoms with E-state index in [0.717, 1.165) is 38.6 Å². The van der Waals surface area contributed by atoms with E-state index in [0.29, 0.717) is 0 Å². The Morgan fingerprint density at radius 1 is 1.32 bits per heavy atom. The van der Waals surface area contributed by atoms with E-state index in [-0.39, 0.29) is 0 Å². The quantitative estimate of drug-likeness (QED) is 0.541. The molecule has 1 aliphatic carbocycles. The minimum Gasteiger partial charge on any atom is -0.317 e. The molecule has 2 rings (SSSR count). The van der Waals surface area contributed by atoms with E-state index in [1.54, 1.807) is 0 Å². The Morgan fingerprint density at radius 3 is 2.68 bits per heavy atom. The fraction of sp³-hybridized carbons (Fsp3) is 0.529. The second-order valence-electron chi connectivity index (χ2n) is 5.32. The summed E-state index contributed by atoms with van der Waals surface area (Å²) in [5.74, 6) is 0. The Kier molecular flexibility index (Phi) is 5.62. The maximum Gasteiger partial charge on any atom is 0.0242 e. The van der Waals surface area contributed by atoms with Gasteiger partial charge in [-0.3, -0.25) is 4.90 Å². The van der Waals surface area contributed by atoms with Crippen LogP contribution in [0.25, 0.3) is 0 Å². The molecule has 0 heterocycles. The van der Waals surface area contributed by atoms with E-state index in [9.17, 15) is 0 Å². The van der Waals surface area contributed by atoms with Gasteiger partial charge < -0.3 is 5.32 Å². The highest BCUT2D eigenvalue weighted by atomic mass is 15.2. The van der Waals surface area contributed by atoms with Crippen LogP contribution in [0.15, 0.2) is 36.9 Å². The molecular weight excluding hydrogens is 232 g/mol. The van der Waals surface area contributed by atoms with Gasteiger partial charge in [-0.15, -0.1) is 6.58 Å². The maximum atomic E-state index is 3.88. The summed E-state index contributed by atoms with van der Waals surface area (Å²) >= 11 is 0. The molecule has 0 bridgehead atoms. The van der Waals surface area contributed by atoms with Crippen molar-refractivity contribution in [1.82, 2.24) is 10.2 Å². The average Bonchev–Trinajstić information content (AvgIpc) is 3.25. The maximum absolute atomic E-state index is 3.88. The lowest BCUT2D eigenvalue weighted by Gasteiger charge is -2.22. The highest BCUT2D eigenvalue weighted by molar-refractivity contribution is 5.27. The molecule has 0 amide bonds. The third-order valence-electron chi connectivity index (χ3n) is 3.74. The minimum atomic E-state index is 0.792. The normalized spacial score (nSPS) is 14.8. The van der Waals surface area contributed by atoms with Gasteiger partial charge in [0.1, 0.15) is 0 Å². The van der Waals surface area contributed by atoms with Crippen LogP contribution in [0.1, 0.15) is 30.9 Å². The average molecular weight is 258 g/mol. The van der Waals surface area contributed by atoms with Crippen LogP contribution in [-0.4, -0.2) is 30.6 Å². The summed E-state index contributed by atoms with van der Waals surface area (Å²) in [4.78, 5) is 2.55. The van der Waals surface area contributed by atoms with Crippen LogP contribution in [0, 0.1) is 0 Å². The van der Waals surface area contributed by atoms with E-state index in [1.165, 1.54) is 24.0 Å². The molecule has 19 heavy (non-hydrogen) atoms. The van der Waals surface area contributed by atoms with Gasteiger partial charge in [0.2, 0.25) is 0 Å². The molecule has 104 valence electrons. The zero-order chi connectivity index (χ0) is 13.5. The lowest BCUT2D eigenvalue weighted by molar-refractivity contribution is 0.283. The summed E-state index contributed by atoms with van der Waals surface area (Å²) < 4.78 is 0. The summed E-state index contributed by atoms with van der Waals surface area (Å²) in [5, 5.41) is 3.41. The smallest absolute Gasteiger partial charge is 0.0242 e. The first-order chi connectivity index (χ1) is 9.35. The summed E-state index contributed by atoms with van der Waals surface area (Å²) in [6.45, 7) is 10.2. The first kappa shape index (κ1) is 14.3. The van der Waals surface area contributed by atoms with Crippen molar-refractivity contribution in [2.24, 2.45) is 0 Å². The molecule has 0 aromatic heterocycles. The SMILES string of the molecule is C=CCN(Cc1ccccc1CCNCC)C1CC1. The van der Waals surface area contributed by atoms with Crippen LogP contribution in [0.4, 0.5) is 0 Å². The molecular formula is C17H26N2. The zero-order valence-electron chi connectivity index (χ0n) is 12.1. The van der Waals surface area contributed by atoms with Crippen molar-refractivity contribution in [3.8, 4) is 0 Å². The fourth-order valence-corrected chi connectivity index (χ4v) is 2.52. The van der Waals surface area contributed by atoms with Crippen molar-refractivity contribution >= 4 is 0 Å². The minimum absolute atomic E-state index is 0.792. The largest absolute Gasteiger partial charge is 0.317 e. The van der Waals surface area contributed by atoms with E-state index in [2.05, 4.69) is 48.0 Å². The topological polar surface area (TPSA) is 15.3 Å². The van der Waals surface area contributed by atoms with E-state index >= 15 is 0 Å². The van der Waals surface area contributed by atoms with Gasteiger partial charge in [-0.05, 0) is 43.5 Å². The number of nitrogens with zero attached hydrogens (tertiary/aromatic N) is 1.